The molecule has 0 heterocycles. The third-order valence-corrected chi connectivity index (χ3v) is 5.85. The molecule has 0 aliphatic heterocycles. The molecule has 0 spiro atoms. The van der Waals surface area contributed by atoms with Crippen LogP contribution in [0.5, 0.6) is 0 Å². The molecule has 0 atom stereocenters. The van der Waals surface area contributed by atoms with E-state index < -0.39 is 22.5 Å². The summed E-state index contributed by atoms with van der Waals surface area (Å²) >= 11 is 11.9. The number of aryl methyl sites for hydroxylation is 2. The van der Waals surface area contributed by atoms with Crippen molar-refractivity contribution in [1.29, 1.82) is 0 Å². The number of aliphatic carboxylic acids is 1. The van der Waals surface area contributed by atoms with E-state index in [0.717, 1.165) is 9.87 Å². The van der Waals surface area contributed by atoms with Crippen LogP contribution in [0.1, 0.15) is 11.1 Å². The van der Waals surface area contributed by atoms with Gasteiger partial charge in [0.2, 0.25) is 0 Å². The number of carboxylic acid groups (broad SMARTS) is 1. The van der Waals surface area contributed by atoms with Crippen LogP contribution >= 0.6 is 23.2 Å². The fourth-order valence-electron chi connectivity index (χ4n) is 2.20. The van der Waals surface area contributed by atoms with E-state index in [4.69, 9.17) is 23.2 Å². The van der Waals surface area contributed by atoms with Crippen LogP contribution in [0.25, 0.3) is 0 Å². The molecule has 0 radical (unpaired) electrons. The first kappa shape index (κ1) is 18.6. The van der Waals surface area contributed by atoms with Crippen molar-refractivity contribution in [3.8, 4) is 0 Å². The van der Waals surface area contributed by atoms with Gasteiger partial charge in [-0.15, -0.1) is 0 Å². The Labute approximate surface area is 150 Å². The minimum atomic E-state index is -4.21. The lowest BCUT2D eigenvalue weighted by atomic mass is 10.1. The number of anilines is 1. The number of sulfonamides is 1. The quantitative estimate of drug-likeness (QED) is 0.843. The highest BCUT2D eigenvalue weighted by molar-refractivity contribution is 7.93. The van der Waals surface area contributed by atoms with Gasteiger partial charge in [0.05, 0.1) is 10.7 Å². The van der Waals surface area contributed by atoms with Crippen molar-refractivity contribution in [3.05, 3.63) is 57.6 Å². The molecule has 0 aliphatic carbocycles. The SMILES string of the molecule is Cc1ccc(C)c(N(CC(=O)O)S(=O)(=O)c2cc(Cl)ccc2Cl)c1. The monoisotopic (exact) mass is 387 g/mol. The van der Waals surface area contributed by atoms with Crippen LogP contribution in [-0.4, -0.2) is 26.0 Å². The molecule has 0 aromatic heterocycles. The maximum absolute atomic E-state index is 13.0. The van der Waals surface area contributed by atoms with Gasteiger partial charge in [0.25, 0.3) is 10.0 Å². The van der Waals surface area contributed by atoms with Gasteiger partial charge in [-0.3, -0.25) is 9.10 Å². The predicted molar refractivity (Wildman–Crippen MR) is 94.5 cm³/mol. The number of benzene rings is 2. The van der Waals surface area contributed by atoms with Gasteiger partial charge in [-0.1, -0.05) is 35.3 Å². The molecular formula is C16H15Cl2NO4S. The summed E-state index contributed by atoms with van der Waals surface area (Å²) in [4.78, 5) is 11.0. The van der Waals surface area contributed by atoms with E-state index in [0.29, 0.717) is 5.56 Å². The van der Waals surface area contributed by atoms with Crippen LogP contribution in [0.4, 0.5) is 5.69 Å². The van der Waals surface area contributed by atoms with Gasteiger partial charge in [0.1, 0.15) is 11.4 Å². The minimum Gasteiger partial charge on any atom is -0.480 e. The molecule has 0 aliphatic rings. The molecule has 0 saturated heterocycles. The zero-order chi connectivity index (χ0) is 18.1. The summed E-state index contributed by atoms with van der Waals surface area (Å²) < 4.78 is 26.9. The highest BCUT2D eigenvalue weighted by Crippen LogP contribution is 2.32. The summed E-state index contributed by atoms with van der Waals surface area (Å²) in [6.07, 6.45) is 0. The molecule has 2 aromatic carbocycles. The fourth-order valence-corrected chi connectivity index (χ4v) is 4.41. The third kappa shape index (κ3) is 3.83. The number of halogens is 2. The highest BCUT2D eigenvalue weighted by atomic mass is 35.5. The lowest BCUT2D eigenvalue weighted by Crippen LogP contribution is -2.36. The van der Waals surface area contributed by atoms with Gasteiger partial charge in [-0.25, -0.2) is 8.42 Å². The van der Waals surface area contributed by atoms with Crippen molar-refractivity contribution in [2.24, 2.45) is 0 Å². The molecule has 8 heteroatoms. The second-order valence-electron chi connectivity index (χ2n) is 5.27. The van der Waals surface area contributed by atoms with Gasteiger partial charge < -0.3 is 5.11 Å². The summed E-state index contributed by atoms with van der Waals surface area (Å²) in [7, 11) is -4.21. The van der Waals surface area contributed by atoms with Crippen LogP contribution in [0.15, 0.2) is 41.3 Å². The van der Waals surface area contributed by atoms with E-state index in [1.807, 2.05) is 6.07 Å². The molecule has 0 unspecified atom stereocenters. The Morgan fingerprint density at radius 3 is 2.42 bits per heavy atom. The van der Waals surface area contributed by atoms with E-state index in [2.05, 4.69) is 0 Å². The Balaban J connectivity index is 2.69. The smallest absolute Gasteiger partial charge is 0.324 e. The van der Waals surface area contributed by atoms with Crippen molar-refractivity contribution in [1.82, 2.24) is 0 Å². The Morgan fingerprint density at radius 2 is 1.79 bits per heavy atom. The second-order valence-corrected chi connectivity index (χ2v) is 7.94. The Bertz CT molecular complexity index is 897. The van der Waals surface area contributed by atoms with Gasteiger partial charge in [0, 0.05) is 5.02 Å². The van der Waals surface area contributed by atoms with Crippen LogP contribution in [0.3, 0.4) is 0 Å². The van der Waals surface area contributed by atoms with E-state index >= 15 is 0 Å². The van der Waals surface area contributed by atoms with E-state index in [-0.39, 0.29) is 20.6 Å². The number of rotatable bonds is 5. The molecular weight excluding hydrogens is 373 g/mol. The van der Waals surface area contributed by atoms with E-state index in [1.165, 1.54) is 18.2 Å². The number of hydrogen-bond donors (Lipinski definition) is 1. The van der Waals surface area contributed by atoms with Crippen LogP contribution in [0, 0.1) is 13.8 Å². The number of carboxylic acids is 1. The van der Waals surface area contributed by atoms with Crippen LogP contribution < -0.4 is 4.31 Å². The van der Waals surface area contributed by atoms with Crippen LogP contribution in [-0.2, 0) is 14.8 Å². The van der Waals surface area contributed by atoms with Crippen LogP contribution in [0.2, 0.25) is 10.0 Å². The molecule has 0 saturated carbocycles. The van der Waals surface area contributed by atoms with Crippen molar-refractivity contribution in [2.45, 2.75) is 18.7 Å². The third-order valence-electron chi connectivity index (χ3n) is 3.37. The molecule has 0 amide bonds. The fraction of sp³-hybridized carbons (Fsp3) is 0.188. The first-order valence-corrected chi connectivity index (χ1v) is 9.09. The standard InChI is InChI=1S/C16H15Cl2NO4S/c1-10-3-4-11(2)14(7-10)19(9-16(20)21)24(22,23)15-8-12(17)5-6-13(15)18/h3-8H,9H2,1-2H3,(H,20,21). The minimum absolute atomic E-state index is 0.0277. The normalized spacial score (nSPS) is 11.3. The summed E-state index contributed by atoms with van der Waals surface area (Å²) in [6, 6.07) is 9.19. The lowest BCUT2D eigenvalue weighted by Gasteiger charge is -2.25. The topological polar surface area (TPSA) is 74.7 Å². The van der Waals surface area contributed by atoms with Gasteiger partial charge >= 0.3 is 5.97 Å². The highest BCUT2D eigenvalue weighted by Gasteiger charge is 2.30. The van der Waals surface area contributed by atoms with Gasteiger partial charge in [-0.2, -0.15) is 0 Å². The first-order chi connectivity index (χ1) is 11.1. The summed E-state index contributed by atoms with van der Waals surface area (Å²) in [5.41, 5.74) is 1.72. The zero-order valence-electron chi connectivity index (χ0n) is 13.0. The number of carbonyl (C=O) groups is 1. The average Bonchev–Trinajstić information content (AvgIpc) is 2.49. The molecule has 0 fully saturated rings. The summed E-state index contributed by atoms with van der Waals surface area (Å²) in [6.45, 7) is 2.77. The Morgan fingerprint density at radius 1 is 1.12 bits per heavy atom. The number of hydrogen-bond acceptors (Lipinski definition) is 3. The first-order valence-electron chi connectivity index (χ1n) is 6.90. The van der Waals surface area contributed by atoms with Gasteiger partial charge in [0.15, 0.2) is 0 Å². The predicted octanol–water partition coefficient (Wildman–Crippen LogP) is 3.89. The van der Waals surface area contributed by atoms with Gasteiger partial charge in [-0.05, 0) is 49.2 Å². The molecule has 2 aromatic rings. The van der Waals surface area contributed by atoms with Crippen molar-refractivity contribution in [3.63, 3.8) is 0 Å². The van der Waals surface area contributed by atoms with E-state index in [9.17, 15) is 18.3 Å². The average molecular weight is 388 g/mol. The van der Waals surface area contributed by atoms with Crippen molar-refractivity contribution in [2.75, 3.05) is 10.8 Å². The van der Waals surface area contributed by atoms with E-state index in [1.54, 1.807) is 26.0 Å². The molecule has 5 nitrogen and oxygen atoms in total. The zero-order valence-corrected chi connectivity index (χ0v) is 15.3. The largest absolute Gasteiger partial charge is 0.480 e. The Hall–Kier alpha value is -1.76. The second kappa shape index (κ2) is 7.01. The number of nitrogens with zero attached hydrogens (tertiary/aromatic N) is 1. The molecule has 2 rings (SSSR count). The van der Waals surface area contributed by atoms with Crippen molar-refractivity contribution < 1.29 is 18.3 Å². The van der Waals surface area contributed by atoms with Crippen molar-refractivity contribution >= 4 is 44.9 Å². The Kier molecular flexibility index (Phi) is 5.42. The lowest BCUT2D eigenvalue weighted by molar-refractivity contribution is -0.135. The molecule has 24 heavy (non-hydrogen) atoms. The maximum Gasteiger partial charge on any atom is 0.324 e. The molecule has 0 bridgehead atoms. The summed E-state index contributed by atoms with van der Waals surface area (Å²) in [5, 5.41) is 9.34. The molecule has 128 valence electrons. The maximum atomic E-state index is 13.0. The summed E-state index contributed by atoms with van der Waals surface area (Å²) in [5.74, 6) is -1.28. The molecule has 1 N–H and O–H groups in total.